The highest BCUT2D eigenvalue weighted by atomic mass is 16.5. The number of aryl methyl sites for hydroxylation is 1. The molecular formula is C24H26N2O4. The van der Waals surface area contributed by atoms with Gasteiger partial charge in [-0.05, 0) is 49.7 Å². The van der Waals surface area contributed by atoms with Gasteiger partial charge in [-0.1, -0.05) is 35.9 Å². The van der Waals surface area contributed by atoms with E-state index in [1.165, 1.54) is 10.5 Å². The molecule has 1 heterocycles. The molecule has 156 valence electrons. The normalized spacial score (nSPS) is 10.4. The van der Waals surface area contributed by atoms with Gasteiger partial charge in [-0.25, -0.2) is 0 Å². The fraction of sp³-hybridized carbons (Fsp3) is 0.250. The van der Waals surface area contributed by atoms with Crippen LogP contribution in [0.3, 0.4) is 0 Å². The number of hydrogen-bond acceptors (Lipinski definition) is 4. The molecule has 0 fully saturated rings. The van der Waals surface area contributed by atoms with Crippen molar-refractivity contribution in [1.82, 2.24) is 4.90 Å². The Balaban J connectivity index is 1.52. The van der Waals surface area contributed by atoms with Crippen LogP contribution in [0.15, 0.2) is 77.4 Å². The van der Waals surface area contributed by atoms with Crippen LogP contribution in [0.1, 0.15) is 24.2 Å². The highest BCUT2D eigenvalue weighted by Crippen LogP contribution is 2.13. The molecule has 0 saturated carbocycles. The third-order valence-electron chi connectivity index (χ3n) is 4.50. The molecule has 2 amide bonds. The monoisotopic (exact) mass is 406 g/mol. The second-order valence-corrected chi connectivity index (χ2v) is 7.01. The molecule has 0 radical (unpaired) electrons. The predicted molar refractivity (Wildman–Crippen MR) is 115 cm³/mol. The first-order chi connectivity index (χ1) is 14.6. The highest BCUT2D eigenvalue weighted by molar-refractivity contribution is 5.94. The van der Waals surface area contributed by atoms with Crippen molar-refractivity contribution in [2.45, 2.75) is 26.3 Å². The maximum Gasteiger partial charge on any atom is 0.244 e. The predicted octanol–water partition coefficient (Wildman–Crippen LogP) is 4.41. The van der Waals surface area contributed by atoms with Crippen LogP contribution < -0.4 is 10.1 Å². The minimum absolute atomic E-state index is 0.0484. The number of furan rings is 1. The lowest BCUT2D eigenvalue weighted by Crippen LogP contribution is -2.37. The molecule has 0 aliphatic rings. The molecule has 0 aliphatic heterocycles. The van der Waals surface area contributed by atoms with Crippen LogP contribution in [-0.2, 0) is 16.1 Å². The SMILES string of the molecule is Cc1ccc(OCCCC(=O)N(CC(=O)Nc2ccccc2)Cc2ccco2)cc1. The van der Waals surface area contributed by atoms with Crippen molar-refractivity contribution in [3.8, 4) is 5.75 Å². The second-order valence-electron chi connectivity index (χ2n) is 7.01. The molecule has 0 aliphatic carbocycles. The summed E-state index contributed by atoms with van der Waals surface area (Å²) in [5, 5.41) is 2.81. The van der Waals surface area contributed by atoms with Crippen molar-refractivity contribution in [3.05, 3.63) is 84.3 Å². The summed E-state index contributed by atoms with van der Waals surface area (Å²) in [5.41, 5.74) is 1.86. The average molecular weight is 406 g/mol. The summed E-state index contributed by atoms with van der Waals surface area (Å²) in [4.78, 5) is 26.7. The molecule has 30 heavy (non-hydrogen) atoms. The molecule has 1 N–H and O–H groups in total. The van der Waals surface area contributed by atoms with E-state index in [0.29, 0.717) is 24.5 Å². The number of hydrogen-bond donors (Lipinski definition) is 1. The summed E-state index contributed by atoms with van der Waals surface area (Å²) in [6.07, 6.45) is 2.39. The summed E-state index contributed by atoms with van der Waals surface area (Å²) in [6, 6.07) is 20.5. The van der Waals surface area contributed by atoms with Gasteiger partial charge in [0.25, 0.3) is 0 Å². The van der Waals surface area contributed by atoms with Crippen LogP contribution >= 0.6 is 0 Å². The second kappa shape index (κ2) is 10.9. The van der Waals surface area contributed by atoms with Gasteiger partial charge in [-0.3, -0.25) is 9.59 Å². The highest BCUT2D eigenvalue weighted by Gasteiger charge is 2.18. The molecule has 0 spiro atoms. The van der Waals surface area contributed by atoms with Gasteiger partial charge in [0.2, 0.25) is 11.8 Å². The molecular weight excluding hydrogens is 380 g/mol. The van der Waals surface area contributed by atoms with E-state index in [1.807, 2.05) is 49.4 Å². The lowest BCUT2D eigenvalue weighted by Gasteiger charge is -2.21. The van der Waals surface area contributed by atoms with Crippen LogP contribution in [-0.4, -0.2) is 29.9 Å². The third-order valence-corrected chi connectivity index (χ3v) is 4.50. The van der Waals surface area contributed by atoms with Crippen LogP contribution in [0.5, 0.6) is 5.75 Å². The number of carbonyl (C=O) groups is 2. The first kappa shape index (κ1) is 21.2. The molecule has 0 bridgehead atoms. The van der Waals surface area contributed by atoms with Crippen molar-refractivity contribution >= 4 is 17.5 Å². The number of rotatable bonds is 10. The number of amides is 2. The summed E-state index contributed by atoms with van der Waals surface area (Å²) in [5.74, 6) is 1.04. The fourth-order valence-electron chi connectivity index (χ4n) is 2.92. The molecule has 0 atom stereocenters. The molecule has 3 aromatic rings. The Hall–Kier alpha value is -3.54. The van der Waals surface area contributed by atoms with Gasteiger partial charge in [0, 0.05) is 12.1 Å². The number of para-hydroxylation sites is 1. The zero-order valence-electron chi connectivity index (χ0n) is 17.0. The number of carbonyl (C=O) groups excluding carboxylic acids is 2. The van der Waals surface area contributed by atoms with Gasteiger partial charge in [-0.2, -0.15) is 0 Å². The lowest BCUT2D eigenvalue weighted by molar-refractivity contribution is -0.135. The largest absolute Gasteiger partial charge is 0.494 e. The lowest BCUT2D eigenvalue weighted by atomic mass is 10.2. The number of ether oxygens (including phenoxy) is 1. The van der Waals surface area contributed by atoms with Gasteiger partial charge < -0.3 is 19.4 Å². The van der Waals surface area contributed by atoms with Gasteiger partial charge in [0.1, 0.15) is 18.1 Å². The Morgan fingerprint density at radius 1 is 1.00 bits per heavy atom. The molecule has 3 rings (SSSR count). The van der Waals surface area contributed by atoms with Crippen molar-refractivity contribution in [1.29, 1.82) is 0 Å². The third kappa shape index (κ3) is 6.81. The van der Waals surface area contributed by atoms with E-state index in [9.17, 15) is 9.59 Å². The van der Waals surface area contributed by atoms with Crippen molar-refractivity contribution in [2.24, 2.45) is 0 Å². The number of nitrogens with zero attached hydrogens (tertiary/aromatic N) is 1. The van der Waals surface area contributed by atoms with E-state index in [1.54, 1.807) is 30.5 Å². The van der Waals surface area contributed by atoms with E-state index in [4.69, 9.17) is 9.15 Å². The molecule has 6 heteroatoms. The number of anilines is 1. The molecule has 0 unspecified atom stereocenters. The molecule has 0 saturated heterocycles. The smallest absolute Gasteiger partial charge is 0.244 e. The van der Waals surface area contributed by atoms with E-state index in [2.05, 4.69) is 5.32 Å². The maximum absolute atomic E-state index is 12.8. The van der Waals surface area contributed by atoms with Crippen LogP contribution in [0.2, 0.25) is 0 Å². The summed E-state index contributed by atoms with van der Waals surface area (Å²) >= 11 is 0. The molecule has 1 aromatic heterocycles. The van der Waals surface area contributed by atoms with Crippen LogP contribution in [0.4, 0.5) is 5.69 Å². The average Bonchev–Trinajstić information content (AvgIpc) is 3.26. The Morgan fingerprint density at radius 3 is 2.47 bits per heavy atom. The van der Waals surface area contributed by atoms with Gasteiger partial charge >= 0.3 is 0 Å². The van der Waals surface area contributed by atoms with Crippen LogP contribution in [0, 0.1) is 6.92 Å². The standard InChI is InChI=1S/C24H26N2O4/c1-19-11-13-21(14-12-19)29-16-6-10-24(28)26(17-22-9-5-15-30-22)18-23(27)25-20-7-3-2-4-8-20/h2-5,7-9,11-15H,6,10,16-18H2,1H3,(H,25,27). The first-order valence-electron chi connectivity index (χ1n) is 9.94. The first-order valence-corrected chi connectivity index (χ1v) is 9.94. The summed E-state index contributed by atoms with van der Waals surface area (Å²) < 4.78 is 11.0. The molecule has 2 aromatic carbocycles. The van der Waals surface area contributed by atoms with Gasteiger partial charge in [-0.15, -0.1) is 0 Å². The fourth-order valence-corrected chi connectivity index (χ4v) is 2.92. The van der Waals surface area contributed by atoms with Crippen molar-refractivity contribution < 1.29 is 18.7 Å². The van der Waals surface area contributed by atoms with Crippen molar-refractivity contribution in [2.75, 3.05) is 18.5 Å². The Kier molecular flexibility index (Phi) is 7.66. The Bertz CT molecular complexity index is 922. The van der Waals surface area contributed by atoms with Crippen molar-refractivity contribution in [3.63, 3.8) is 0 Å². The van der Waals surface area contributed by atoms with Crippen LogP contribution in [0.25, 0.3) is 0 Å². The summed E-state index contributed by atoms with van der Waals surface area (Å²) in [7, 11) is 0. The van der Waals surface area contributed by atoms with E-state index >= 15 is 0 Å². The Labute approximate surface area is 176 Å². The van der Waals surface area contributed by atoms with Gasteiger partial charge in [0.15, 0.2) is 0 Å². The van der Waals surface area contributed by atoms with Gasteiger partial charge in [0.05, 0.1) is 19.4 Å². The summed E-state index contributed by atoms with van der Waals surface area (Å²) in [6.45, 7) is 2.64. The minimum atomic E-state index is -0.253. The minimum Gasteiger partial charge on any atom is -0.494 e. The zero-order chi connectivity index (χ0) is 21.2. The topological polar surface area (TPSA) is 71.8 Å². The van der Waals surface area contributed by atoms with E-state index < -0.39 is 0 Å². The number of nitrogens with one attached hydrogen (secondary N) is 1. The molecule has 6 nitrogen and oxygen atoms in total. The Morgan fingerprint density at radius 2 is 1.77 bits per heavy atom. The zero-order valence-corrected chi connectivity index (χ0v) is 17.0. The quantitative estimate of drug-likeness (QED) is 0.506. The van der Waals surface area contributed by atoms with E-state index in [-0.39, 0.29) is 31.3 Å². The maximum atomic E-state index is 12.8. The number of benzene rings is 2. The van der Waals surface area contributed by atoms with E-state index in [0.717, 1.165) is 5.75 Å².